The second-order valence-corrected chi connectivity index (χ2v) is 11.1. The summed E-state index contributed by atoms with van der Waals surface area (Å²) in [5.74, 6) is 3.31. The summed E-state index contributed by atoms with van der Waals surface area (Å²) < 4.78 is 40.6. The van der Waals surface area contributed by atoms with E-state index in [4.69, 9.17) is 4.74 Å². The first-order chi connectivity index (χ1) is 16.4. The van der Waals surface area contributed by atoms with Crippen LogP contribution in [0.5, 0.6) is 0 Å². The van der Waals surface area contributed by atoms with Crippen LogP contribution in [0.15, 0.2) is 35.2 Å². The molecule has 7 heteroatoms. The van der Waals surface area contributed by atoms with Crippen molar-refractivity contribution in [3.63, 3.8) is 0 Å². The van der Waals surface area contributed by atoms with Gasteiger partial charge in [-0.3, -0.25) is 0 Å². The average molecular weight is 606 g/mol. The molecule has 0 N–H and O–H groups in total. The van der Waals surface area contributed by atoms with E-state index in [1.165, 1.54) is 112 Å². The average Bonchev–Trinajstić information content (AvgIpc) is 2.84. The highest BCUT2D eigenvalue weighted by molar-refractivity contribution is 14.1. The lowest BCUT2D eigenvalue weighted by molar-refractivity contribution is -0.928. The van der Waals surface area contributed by atoms with Gasteiger partial charge in [-0.15, -0.1) is 0 Å². The van der Waals surface area contributed by atoms with Gasteiger partial charge in [-0.1, -0.05) is 89.3 Å². The van der Waals surface area contributed by atoms with E-state index in [1.807, 2.05) is 0 Å². The molecule has 5 nitrogen and oxygen atoms in total. The Bertz CT molecular complexity index is 784. The van der Waals surface area contributed by atoms with Crippen LogP contribution >= 0.6 is 22.6 Å². The topological polar surface area (TPSA) is 66.4 Å². The molecule has 1 heterocycles. The molecule has 1 aromatic rings. The molecule has 0 unspecified atom stereocenters. The molecular weight excluding hydrogens is 561 g/mol. The summed E-state index contributed by atoms with van der Waals surface area (Å²) in [6.07, 6.45) is 17.1. The predicted octanol–water partition coefficient (Wildman–Crippen LogP) is 6.52. The van der Waals surface area contributed by atoms with Gasteiger partial charge in [-0.05, 0) is 34.8 Å². The van der Waals surface area contributed by atoms with E-state index < -0.39 is 10.1 Å². The highest BCUT2D eigenvalue weighted by Crippen LogP contribution is 2.16. The van der Waals surface area contributed by atoms with E-state index >= 15 is 0 Å². The molecule has 1 saturated heterocycles. The van der Waals surface area contributed by atoms with Crippen molar-refractivity contribution >= 4 is 32.7 Å². The summed E-state index contributed by atoms with van der Waals surface area (Å²) >= 11 is 2.16. The fourth-order valence-corrected chi connectivity index (χ4v) is 4.93. The molecule has 0 aliphatic carbocycles. The number of morpholine rings is 1. The third-order valence-electron chi connectivity index (χ3n) is 6.42. The van der Waals surface area contributed by atoms with Crippen LogP contribution in [0.25, 0.3) is 0 Å². The number of hydrogen-bond acceptors (Lipinski definition) is 4. The Kier molecular flexibility index (Phi) is 18.0. The Hall–Kier alpha value is -0.660. The number of halogens is 1. The van der Waals surface area contributed by atoms with Crippen molar-refractivity contribution in [2.45, 2.75) is 88.9 Å². The first-order valence-electron chi connectivity index (χ1n) is 13.0. The maximum Gasteiger partial charge on any atom is 0.141 e. The van der Waals surface area contributed by atoms with Crippen molar-refractivity contribution in [2.24, 2.45) is 0 Å². The smallest absolute Gasteiger partial charge is 0.141 e. The van der Waals surface area contributed by atoms with Gasteiger partial charge in [0.2, 0.25) is 0 Å². The van der Waals surface area contributed by atoms with Crippen LogP contribution in [0.4, 0.5) is 0 Å². The van der Waals surface area contributed by atoms with Crippen molar-refractivity contribution in [3.05, 3.63) is 30.3 Å². The molecule has 0 atom stereocenters. The fraction of sp³-hybridized carbons (Fsp3) is 0.704. The minimum atomic E-state index is -4.25. The van der Waals surface area contributed by atoms with Crippen molar-refractivity contribution in [2.75, 3.05) is 39.4 Å². The quantitative estimate of drug-likeness (QED) is 0.0751. The molecule has 1 aromatic carbocycles. The monoisotopic (exact) mass is 605 g/mol. The third-order valence-corrected chi connectivity index (χ3v) is 7.65. The van der Waals surface area contributed by atoms with Gasteiger partial charge >= 0.3 is 0 Å². The molecule has 194 valence electrons. The Balaban J connectivity index is 0.000000479. The van der Waals surface area contributed by atoms with Crippen LogP contribution < -0.4 is 0 Å². The van der Waals surface area contributed by atoms with Crippen molar-refractivity contribution in [1.82, 2.24) is 0 Å². The maximum atomic E-state index is 10.3. The Morgan fingerprint density at radius 1 is 0.882 bits per heavy atom. The number of hydrogen-bond donors (Lipinski definition) is 0. The fourth-order valence-electron chi connectivity index (χ4n) is 4.26. The predicted molar refractivity (Wildman–Crippen MR) is 148 cm³/mol. The summed E-state index contributed by atoms with van der Waals surface area (Å²) in [6.45, 7) is 8.76. The largest absolute Gasteiger partial charge is 0.744 e. The summed E-state index contributed by atoms with van der Waals surface area (Å²) in [4.78, 5) is -0.185. The van der Waals surface area contributed by atoms with Crippen LogP contribution in [0.1, 0.15) is 84.0 Å². The number of quaternary nitrogens is 1. The highest BCUT2D eigenvalue weighted by Gasteiger charge is 2.28. The Morgan fingerprint density at radius 3 is 1.82 bits per heavy atom. The lowest BCUT2D eigenvalue weighted by Crippen LogP contribution is -2.55. The molecule has 0 radical (unpaired) electrons. The molecule has 0 aromatic heterocycles. The van der Waals surface area contributed by atoms with Gasteiger partial charge in [0, 0.05) is 22.6 Å². The van der Waals surface area contributed by atoms with Crippen molar-refractivity contribution in [3.8, 4) is 9.85 Å². The van der Waals surface area contributed by atoms with Crippen LogP contribution in [-0.2, 0) is 14.9 Å². The Labute approximate surface area is 222 Å². The first kappa shape index (κ1) is 31.4. The second-order valence-electron chi connectivity index (χ2n) is 9.21. The normalized spacial score (nSPS) is 15.0. The van der Waals surface area contributed by atoms with Crippen LogP contribution in [0, 0.1) is 9.85 Å². The van der Waals surface area contributed by atoms with E-state index in [0.29, 0.717) is 0 Å². The molecule has 1 aliphatic heterocycles. The van der Waals surface area contributed by atoms with E-state index in [1.54, 1.807) is 6.07 Å². The summed E-state index contributed by atoms with van der Waals surface area (Å²) in [6, 6.07) is 7.19. The number of ether oxygens (including phenoxy) is 1. The Morgan fingerprint density at radius 2 is 1.38 bits per heavy atom. The van der Waals surface area contributed by atoms with E-state index in [9.17, 15) is 13.0 Å². The zero-order valence-corrected chi connectivity index (χ0v) is 24.0. The minimum Gasteiger partial charge on any atom is -0.744 e. The van der Waals surface area contributed by atoms with Gasteiger partial charge in [0.15, 0.2) is 0 Å². The van der Waals surface area contributed by atoms with Gasteiger partial charge in [0.25, 0.3) is 0 Å². The molecule has 0 saturated carbocycles. The minimum absolute atomic E-state index is 0.185. The molecule has 34 heavy (non-hydrogen) atoms. The first-order valence-corrected chi connectivity index (χ1v) is 15.4. The molecule has 1 aliphatic rings. The van der Waals surface area contributed by atoms with Crippen molar-refractivity contribution < 1.29 is 22.2 Å². The van der Waals surface area contributed by atoms with Crippen LogP contribution in [-0.4, -0.2) is 56.8 Å². The summed E-state index contributed by atoms with van der Waals surface area (Å²) in [7, 11) is -4.25. The van der Waals surface area contributed by atoms with Gasteiger partial charge < -0.3 is 13.8 Å². The van der Waals surface area contributed by atoms with Crippen molar-refractivity contribution in [1.29, 1.82) is 0 Å². The highest BCUT2D eigenvalue weighted by atomic mass is 127. The number of unbranched alkanes of at least 4 members (excludes halogenated alkanes) is 11. The summed E-state index contributed by atoms with van der Waals surface area (Å²) in [5, 5.41) is 0. The lowest BCUT2D eigenvalue weighted by atomic mass is 10.0. The zero-order chi connectivity index (χ0) is 25.0. The number of nitrogens with zero attached hydrogens (tertiary/aromatic N) is 1. The van der Waals surface area contributed by atoms with Gasteiger partial charge in [-0.2, -0.15) is 0 Å². The van der Waals surface area contributed by atoms with E-state index in [0.717, 1.165) is 32.8 Å². The molecule has 0 bridgehead atoms. The third kappa shape index (κ3) is 15.4. The molecule has 0 amide bonds. The van der Waals surface area contributed by atoms with Crippen LogP contribution in [0.2, 0.25) is 0 Å². The number of rotatable bonds is 15. The molecule has 2 rings (SSSR count). The second kappa shape index (κ2) is 19.5. The summed E-state index contributed by atoms with van der Waals surface area (Å²) in [5.41, 5.74) is 0. The lowest BCUT2D eigenvalue weighted by Gasteiger charge is -2.40. The SMILES string of the molecule is CCCCCCCCCCCCCC[N+]1(CC#CI)CCOCC1.O=S(=O)([O-])c1ccccc1. The van der Waals surface area contributed by atoms with Crippen LogP contribution in [0.3, 0.4) is 0 Å². The van der Waals surface area contributed by atoms with Gasteiger partial charge in [-0.25, -0.2) is 8.42 Å². The van der Waals surface area contributed by atoms with Gasteiger partial charge in [0.05, 0.1) is 24.7 Å². The molecular formula is C27H44INO4S. The number of benzene rings is 1. The molecule has 1 fully saturated rings. The molecule has 0 spiro atoms. The van der Waals surface area contributed by atoms with E-state index in [-0.39, 0.29) is 4.90 Å². The van der Waals surface area contributed by atoms with Gasteiger partial charge in [0.1, 0.15) is 29.8 Å². The maximum absolute atomic E-state index is 10.3. The standard InChI is InChI=1S/C21H39INO.C6H6O3S/c1-2-3-4-5-6-7-8-9-10-11-12-13-16-23(17-14-15-22)18-20-24-21-19-23;7-10(8,9)6-4-2-1-3-5-6/h2-13,16-21H2,1H3;1-5H,(H,7,8,9)/q+1;/p-1. The van der Waals surface area contributed by atoms with E-state index in [2.05, 4.69) is 39.4 Å². The zero-order valence-electron chi connectivity index (χ0n) is 21.0.